The van der Waals surface area contributed by atoms with Crippen LogP contribution in [0.1, 0.15) is 33.7 Å². The summed E-state index contributed by atoms with van der Waals surface area (Å²) in [7, 11) is 0. The molecule has 3 heterocycles. The van der Waals surface area contributed by atoms with Crippen LogP contribution in [0.5, 0.6) is 0 Å². The number of amides is 1. The Balaban J connectivity index is 1.40. The van der Waals surface area contributed by atoms with Gasteiger partial charge in [-0.3, -0.25) is 9.59 Å². The Hall–Kier alpha value is -1.97. The highest BCUT2D eigenvalue weighted by atomic mass is 79.9. The number of aromatic nitrogens is 1. The number of hydrogen-bond donors (Lipinski definition) is 0. The van der Waals surface area contributed by atoms with E-state index in [1.54, 1.807) is 21.6 Å². The van der Waals surface area contributed by atoms with Crippen molar-refractivity contribution in [1.29, 1.82) is 0 Å². The minimum absolute atomic E-state index is 0.175. The fourth-order valence-corrected chi connectivity index (χ4v) is 5.62. The average Bonchev–Trinajstić information content (AvgIpc) is 3.38. The minimum Gasteiger partial charge on any atom is -0.337 e. The number of carbonyl (C=O) groups excluding carboxylic acids is 2. The molecule has 0 atom stereocenters. The Morgan fingerprint density at radius 1 is 1.10 bits per heavy atom. The number of thiazole rings is 1. The smallest absolute Gasteiger partial charge is 0.273 e. The Morgan fingerprint density at radius 2 is 1.86 bits per heavy atom. The van der Waals surface area contributed by atoms with Gasteiger partial charge < -0.3 is 4.90 Å². The zero-order chi connectivity index (χ0) is 20.5. The Morgan fingerprint density at radius 3 is 2.55 bits per heavy atom. The van der Waals surface area contributed by atoms with Crippen molar-refractivity contribution in [3.05, 3.63) is 62.4 Å². The van der Waals surface area contributed by atoms with E-state index >= 15 is 0 Å². The molecule has 0 spiro atoms. The zero-order valence-corrected chi connectivity index (χ0v) is 18.3. The highest BCUT2D eigenvalue weighted by molar-refractivity contribution is 9.10. The summed E-state index contributed by atoms with van der Waals surface area (Å²) in [5.41, 5.74) is 0.163. The van der Waals surface area contributed by atoms with Crippen molar-refractivity contribution in [2.45, 2.75) is 12.8 Å². The van der Waals surface area contributed by atoms with E-state index < -0.39 is 23.3 Å². The topological polar surface area (TPSA) is 50.3 Å². The predicted octanol–water partition coefficient (Wildman–Crippen LogP) is 5.65. The van der Waals surface area contributed by atoms with Gasteiger partial charge in [-0.15, -0.1) is 22.7 Å². The Labute approximate surface area is 182 Å². The number of benzene rings is 1. The van der Waals surface area contributed by atoms with Crippen LogP contribution in [0.2, 0.25) is 0 Å². The van der Waals surface area contributed by atoms with Gasteiger partial charge in [-0.05, 0) is 53.0 Å². The van der Waals surface area contributed by atoms with E-state index in [-0.39, 0.29) is 11.5 Å². The van der Waals surface area contributed by atoms with Crippen LogP contribution in [0.15, 0.2) is 39.5 Å². The minimum atomic E-state index is -0.717. The van der Waals surface area contributed by atoms with Gasteiger partial charge in [0.25, 0.3) is 5.91 Å². The van der Waals surface area contributed by atoms with Crippen LogP contribution in [0.25, 0.3) is 9.88 Å². The van der Waals surface area contributed by atoms with E-state index in [4.69, 9.17) is 0 Å². The molecule has 1 fully saturated rings. The third-order valence-electron chi connectivity index (χ3n) is 4.85. The van der Waals surface area contributed by atoms with Crippen molar-refractivity contribution < 1.29 is 18.4 Å². The van der Waals surface area contributed by atoms with E-state index in [9.17, 15) is 18.4 Å². The largest absolute Gasteiger partial charge is 0.337 e. The first-order valence-electron chi connectivity index (χ1n) is 8.91. The normalized spacial score (nSPS) is 14.9. The van der Waals surface area contributed by atoms with Crippen molar-refractivity contribution in [1.82, 2.24) is 9.88 Å². The third kappa shape index (κ3) is 4.31. The van der Waals surface area contributed by atoms with Crippen LogP contribution < -0.4 is 0 Å². The van der Waals surface area contributed by atoms with Gasteiger partial charge in [0.1, 0.15) is 22.3 Å². The highest BCUT2D eigenvalue weighted by Gasteiger charge is 2.30. The zero-order valence-electron chi connectivity index (χ0n) is 15.0. The molecule has 0 saturated carbocycles. The molecule has 4 nitrogen and oxygen atoms in total. The second-order valence-corrected chi connectivity index (χ2v) is 9.41. The number of carbonyl (C=O) groups is 2. The maximum absolute atomic E-state index is 13.9. The summed E-state index contributed by atoms with van der Waals surface area (Å²) in [6, 6.07) is 4.85. The molecule has 1 amide bonds. The van der Waals surface area contributed by atoms with Gasteiger partial charge in [-0.25, -0.2) is 13.8 Å². The molecule has 1 saturated heterocycles. The van der Waals surface area contributed by atoms with E-state index in [1.165, 1.54) is 11.3 Å². The maximum Gasteiger partial charge on any atom is 0.273 e. The molecule has 0 aliphatic carbocycles. The number of Topliss-reactive ketones (excluding diaryl/α,β-unsaturated/α-hetero) is 1. The molecule has 4 rings (SSSR count). The van der Waals surface area contributed by atoms with Gasteiger partial charge in [0.05, 0.1) is 10.4 Å². The summed E-state index contributed by atoms with van der Waals surface area (Å²) in [6.45, 7) is 0.757. The number of rotatable bonds is 4. The van der Waals surface area contributed by atoms with Gasteiger partial charge in [0.2, 0.25) is 0 Å². The van der Waals surface area contributed by atoms with Crippen LogP contribution in [0.4, 0.5) is 8.78 Å². The summed E-state index contributed by atoms with van der Waals surface area (Å²) in [5.74, 6) is -2.37. The Bertz CT molecular complexity index is 1070. The molecule has 0 unspecified atom stereocenters. The molecule has 1 aromatic carbocycles. The lowest BCUT2D eigenvalue weighted by atomic mass is 9.88. The number of nitrogens with zero attached hydrogens (tertiary/aromatic N) is 2. The monoisotopic (exact) mass is 496 g/mol. The van der Waals surface area contributed by atoms with E-state index in [0.717, 1.165) is 32.6 Å². The third-order valence-corrected chi connectivity index (χ3v) is 7.55. The first-order valence-corrected chi connectivity index (χ1v) is 11.5. The van der Waals surface area contributed by atoms with Crippen LogP contribution >= 0.6 is 38.6 Å². The quantitative estimate of drug-likeness (QED) is 0.438. The van der Waals surface area contributed by atoms with Crippen molar-refractivity contribution in [3.8, 4) is 9.88 Å². The maximum atomic E-state index is 13.9. The molecular formula is C20H15BrF2N2O2S2. The fourth-order valence-electron chi connectivity index (χ4n) is 3.32. The fraction of sp³-hybridized carbons (Fsp3) is 0.250. The number of piperidine rings is 1. The molecule has 3 aromatic rings. The van der Waals surface area contributed by atoms with Gasteiger partial charge in [0.15, 0.2) is 5.78 Å². The molecular weight excluding hydrogens is 482 g/mol. The molecule has 1 aliphatic rings. The SMILES string of the molecule is O=C(c1cc(F)ccc1F)C1CCN(C(=O)c2csc(-c3cc(Br)cs3)n2)CC1. The van der Waals surface area contributed by atoms with Gasteiger partial charge in [0, 0.05) is 34.2 Å². The molecule has 150 valence electrons. The van der Waals surface area contributed by atoms with Crippen LogP contribution in [0.3, 0.4) is 0 Å². The summed E-state index contributed by atoms with van der Waals surface area (Å²) < 4.78 is 28.2. The number of halogens is 3. The standard InChI is InChI=1S/C20H15BrF2N2O2S2/c21-12-7-17(28-9-12)19-24-16(10-29-19)20(27)25-5-3-11(4-6-25)18(26)14-8-13(22)1-2-15(14)23/h1-2,7-11H,3-6H2. The number of thiophene rings is 1. The predicted molar refractivity (Wildman–Crippen MR) is 112 cm³/mol. The molecule has 0 radical (unpaired) electrons. The van der Waals surface area contributed by atoms with Gasteiger partial charge >= 0.3 is 0 Å². The summed E-state index contributed by atoms with van der Waals surface area (Å²) in [5, 5.41) is 4.49. The van der Waals surface area contributed by atoms with Crippen LogP contribution in [0, 0.1) is 17.6 Å². The van der Waals surface area contributed by atoms with Crippen molar-refractivity contribution in [3.63, 3.8) is 0 Å². The number of hydrogen-bond acceptors (Lipinski definition) is 5. The molecule has 2 aromatic heterocycles. The Kier molecular flexibility index (Phi) is 5.89. The second-order valence-electron chi connectivity index (χ2n) is 6.72. The van der Waals surface area contributed by atoms with Gasteiger partial charge in [-0.1, -0.05) is 0 Å². The van der Waals surface area contributed by atoms with Crippen molar-refractivity contribution >= 4 is 50.3 Å². The molecule has 1 aliphatic heterocycles. The summed E-state index contributed by atoms with van der Waals surface area (Å²) >= 11 is 6.37. The lowest BCUT2D eigenvalue weighted by Crippen LogP contribution is -2.40. The first-order chi connectivity index (χ1) is 13.9. The molecule has 0 bridgehead atoms. The molecule has 9 heteroatoms. The first kappa shape index (κ1) is 20.3. The molecule has 0 N–H and O–H groups in total. The lowest BCUT2D eigenvalue weighted by molar-refractivity contribution is 0.0645. The lowest BCUT2D eigenvalue weighted by Gasteiger charge is -2.31. The van der Waals surface area contributed by atoms with Crippen molar-refractivity contribution in [2.24, 2.45) is 5.92 Å². The highest BCUT2D eigenvalue weighted by Crippen LogP contribution is 2.32. The summed E-state index contributed by atoms with van der Waals surface area (Å²) in [4.78, 5) is 32.4. The van der Waals surface area contributed by atoms with E-state index in [2.05, 4.69) is 20.9 Å². The number of likely N-dealkylation sites (tertiary alicyclic amines) is 1. The van der Waals surface area contributed by atoms with Crippen LogP contribution in [-0.4, -0.2) is 34.7 Å². The second kappa shape index (κ2) is 8.41. The van der Waals surface area contributed by atoms with Crippen LogP contribution in [-0.2, 0) is 0 Å². The average molecular weight is 497 g/mol. The molecule has 29 heavy (non-hydrogen) atoms. The summed E-state index contributed by atoms with van der Waals surface area (Å²) in [6.07, 6.45) is 0.824. The number of ketones is 1. The van der Waals surface area contributed by atoms with Crippen molar-refractivity contribution in [2.75, 3.05) is 13.1 Å². The van der Waals surface area contributed by atoms with E-state index in [0.29, 0.717) is 31.6 Å². The van der Waals surface area contributed by atoms with E-state index in [1.807, 2.05) is 11.4 Å². The van der Waals surface area contributed by atoms with Gasteiger partial charge in [-0.2, -0.15) is 0 Å².